The molecule has 4 unspecified atom stereocenters. The molecule has 4 atom stereocenters. The summed E-state index contributed by atoms with van der Waals surface area (Å²) in [6.45, 7) is 4.47. The van der Waals surface area contributed by atoms with Crippen LogP contribution in [0.2, 0.25) is 0 Å². The largest absolute Gasteiger partial charge is 0.480 e. The molecule has 0 aromatic rings. The van der Waals surface area contributed by atoms with Crippen LogP contribution in [0.3, 0.4) is 0 Å². The van der Waals surface area contributed by atoms with Crippen LogP contribution < -0.4 is 22.1 Å². The lowest BCUT2D eigenvalue weighted by Gasteiger charge is -2.30. The number of nitrogens with two attached hydrogens (primary N) is 2. The van der Waals surface area contributed by atoms with Crippen molar-refractivity contribution in [2.24, 2.45) is 17.4 Å². The minimum absolute atomic E-state index is 0.231. The maximum Gasteiger partial charge on any atom is 0.326 e. The Labute approximate surface area is 194 Å². The van der Waals surface area contributed by atoms with E-state index in [-0.39, 0.29) is 5.92 Å². The zero-order valence-electron chi connectivity index (χ0n) is 19.3. The van der Waals surface area contributed by atoms with Crippen molar-refractivity contribution >= 4 is 35.5 Å². The summed E-state index contributed by atoms with van der Waals surface area (Å²) in [5.74, 6) is -1.95. The summed E-state index contributed by atoms with van der Waals surface area (Å²) in [5.41, 5.74) is 11.4. The maximum absolute atomic E-state index is 13.1. The number of carbonyl (C=O) groups excluding carboxylic acids is 3. The molecule has 184 valence electrons. The molecular weight excluding hydrogens is 434 g/mol. The van der Waals surface area contributed by atoms with Crippen LogP contribution in [0.5, 0.6) is 0 Å². The molecule has 0 saturated carbocycles. The van der Waals surface area contributed by atoms with Crippen LogP contribution in [0.1, 0.15) is 52.4 Å². The number of amides is 3. The summed E-state index contributed by atoms with van der Waals surface area (Å²) < 4.78 is 0. The van der Waals surface area contributed by atoms with Gasteiger partial charge in [0, 0.05) is 6.54 Å². The zero-order valence-corrected chi connectivity index (χ0v) is 20.2. The van der Waals surface area contributed by atoms with Gasteiger partial charge in [0.25, 0.3) is 0 Å². The Bertz CT molecular complexity index is 648. The van der Waals surface area contributed by atoms with E-state index in [0.29, 0.717) is 44.5 Å². The Morgan fingerprint density at radius 3 is 2.38 bits per heavy atom. The van der Waals surface area contributed by atoms with E-state index < -0.39 is 47.9 Å². The minimum Gasteiger partial charge on any atom is -0.480 e. The van der Waals surface area contributed by atoms with Crippen molar-refractivity contribution < 1.29 is 24.3 Å². The fourth-order valence-corrected chi connectivity index (χ4v) is 4.15. The molecule has 0 aliphatic carbocycles. The maximum atomic E-state index is 13.1. The third kappa shape index (κ3) is 8.59. The van der Waals surface area contributed by atoms with E-state index in [1.54, 1.807) is 13.8 Å². The molecule has 1 saturated heterocycles. The minimum atomic E-state index is -1.04. The number of nitrogens with zero attached hydrogens (tertiary/aromatic N) is 1. The first-order valence-corrected chi connectivity index (χ1v) is 12.6. The molecule has 0 spiro atoms. The molecule has 32 heavy (non-hydrogen) atoms. The third-order valence-corrected chi connectivity index (χ3v) is 6.24. The number of thioether (sulfide) groups is 1. The molecule has 10 nitrogen and oxygen atoms in total. The van der Waals surface area contributed by atoms with Gasteiger partial charge in [0.2, 0.25) is 17.7 Å². The normalized spacial score (nSPS) is 18.8. The van der Waals surface area contributed by atoms with E-state index in [4.69, 9.17) is 11.5 Å². The molecular formula is C21H39N5O5S. The lowest BCUT2D eigenvalue weighted by molar-refractivity contribution is -0.149. The molecule has 1 aliphatic rings. The predicted octanol–water partition coefficient (Wildman–Crippen LogP) is -0.103. The van der Waals surface area contributed by atoms with Crippen LogP contribution in [-0.2, 0) is 19.2 Å². The monoisotopic (exact) mass is 473 g/mol. The van der Waals surface area contributed by atoms with E-state index >= 15 is 0 Å². The fraction of sp³-hybridized carbons (Fsp3) is 0.810. The van der Waals surface area contributed by atoms with Crippen LogP contribution in [0.25, 0.3) is 0 Å². The Kier molecular flexibility index (Phi) is 12.6. The summed E-state index contributed by atoms with van der Waals surface area (Å²) >= 11 is 1.53. The zero-order chi connectivity index (χ0) is 24.3. The van der Waals surface area contributed by atoms with Crippen molar-refractivity contribution in [3.8, 4) is 0 Å². The van der Waals surface area contributed by atoms with Gasteiger partial charge in [-0.05, 0) is 56.6 Å². The van der Waals surface area contributed by atoms with Crippen LogP contribution in [-0.4, -0.2) is 83.0 Å². The summed E-state index contributed by atoms with van der Waals surface area (Å²) in [5, 5.41) is 14.9. The van der Waals surface area contributed by atoms with E-state index in [2.05, 4.69) is 10.6 Å². The smallest absolute Gasteiger partial charge is 0.326 e. The Balaban J connectivity index is 2.87. The second-order valence-electron chi connectivity index (χ2n) is 8.49. The van der Waals surface area contributed by atoms with Crippen LogP contribution in [0, 0.1) is 5.92 Å². The third-order valence-electron chi connectivity index (χ3n) is 5.60. The topological polar surface area (TPSA) is 168 Å². The fourth-order valence-electron chi connectivity index (χ4n) is 3.68. The van der Waals surface area contributed by atoms with Crippen LogP contribution in [0.15, 0.2) is 0 Å². The quantitative estimate of drug-likeness (QED) is 0.218. The highest BCUT2D eigenvalue weighted by Gasteiger charge is 2.38. The molecule has 3 amide bonds. The summed E-state index contributed by atoms with van der Waals surface area (Å²) in [6.07, 6.45) is 5.22. The Hall–Kier alpha value is -1.85. The van der Waals surface area contributed by atoms with E-state index in [1.807, 2.05) is 6.26 Å². The van der Waals surface area contributed by atoms with Gasteiger partial charge >= 0.3 is 5.97 Å². The highest BCUT2D eigenvalue weighted by Crippen LogP contribution is 2.20. The number of unbranched alkanes of at least 4 members (excludes halogenated alkanes) is 1. The van der Waals surface area contributed by atoms with Crippen LogP contribution in [0.4, 0.5) is 0 Å². The lowest BCUT2D eigenvalue weighted by atomic mass is 10.0. The summed E-state index contributed by atoms with van der Waals surface area (Å²) in [7, 11) is 0. The van der Waals surface area contributed by atoms with Crippen molar-refractivity contribution in [2.75, 3.05) is 25.1 Å². The first-order valence-electron chi connectivity index (χ1n) is 11.2. The molecule has 1 rings (SSSR count). The standard InChI is InChI=1S/C21H39N5O5S/c1-13(2)17(25-18(27)14(23)7-4-5-10-22)19(28)24-15(9-12-32-3)20(29)26-11-6-8-16(26)21(30)31/h13-17H,4-12,22-23H2,1-3H3,(H,24,28)(H,25,27)(H,30,31). The van der Waals surface area contributed by atoms with Crippen molar-refractivity contribution in [1.82, 2.24) is 15.5 Å². The van der Waals surface area contributed by atoms with Gasteiger partial charge in [0.05, 0.1) is 6.04 Å². The Morgan fingerprint density at radius 2 is 1.81 bits per heavy atom. The van der Waals surface area contributed by atoms with Gasteiger partial charge in [-0.1, -0.05) is 20.3 Å². The number of carboxylic acid groups (broad SMARTS) is 1. The lowest BCUT2D eigenvalue weighted by Crippen LogP contribution is -2.58. The van der Waals surface area contributed by atoms with E-state index in [9.17, 15) is 24.3 Å². The molecule has 0 aromatic carbocycles. The van der Waals surface area contributed by atoms with Crippen molar-refractivity contribution in [1.29, 1.82) is 0 Å². The van der Waals surface area contributed by atoms with Gasteiger partial charge in [-0.3, -0.25) is 14.4 Å². The number of hydrogen-bond donors (Lipinski definition) is 5. The number of nitrogens with one attached hydrogen (secondary N) is 2. The number of rotatable bonds is 14. The number of hydrogen-bond acceptors (Lipinski definition) is 7. The summed E-state index contributed by atoms with van der Waals surface area (Å²) in [6, 6.07) is -3.33. The second kappa shape index (κ2) is 14.3. The molecule has 1 aliphatic heterocycles. The average Bonchev–Trinajstić information content (AvgIpc) is 3.24. The second-order valence-corrected chi connectivity index (χ2v) is 9.48. The van der Waals surface area contributed by atoms with Gasteiger partial charge in [0.1, 0.15) is 18.1 Å². The molecule has 0 aromatic heterocycles. The van der Waals surface area contributed by atoms with Gasteiger partial charge in [0.15, 0.2) is 0 Å². The van der Waals surface area contributed by atoms with E-state index in [1.165, 1.54) is 16.7 Å². The predicted molar refractivity (Wildman–Crippen MR) is 125 cm³/mol. The summed E-state index contributed by atoms with van der Waals surface area (Å²) in [4.78, 5) is 51.4. The van der Waals surface area contributed by atoms with Crippen molar-refractivity contribution in [2.45, 2.75) is 76.5 Å². The van der Waals surface area contributed by atoms with Gasteiger partial charge < -0.3 is 32.1 Å². The molecule has 0 radical (unpaired) electrons. The number of likely N-dealkylation sites (tertiary alicyclic amines) is 1. The molecule has 11 heteroatoms. The van der Waals surface area contributed by atoms with Gasteiger partial charge in [-0.15, -0.1) is 0 Å². The SMILES string of the molecule is CSCCC(NC(=O)C(NC(=O)C(N)CCCCN)C(C)C)C(=O)N1CCCC1C(=O)O. The van der Waals surface area contributed by atoms with Crippen molar-refractivity contribution in [3.05, 3.63) is 0 Å². The van der Waals surface area contributed by atoms with Gasteiger partial charge in [-0.2, -0.15) is 11.8 Å². The molecule has 1 heterocycles. The first-order chi connectivity index (χ1) is 15.1. The molecule has 0 bridgehead atoms. The number of carbonyl (C=O) groups is 4. The van der Waals surface area contributed by atoms with Crippen molar-refractivity contribution in [3.63, 3.8) is 0 Å². The molecule has 1 fully saturated rings. The first kappa shape index (κ1) is 28.2. The number of aliphatic carboxylic acids is 1. The molecule has 7 N–H and O–H groups in total. The Morgan fingerprint density at radius 1 is 1.12 bits per heavy atom. The number of carboxylic acids is 1. The van der Waals surface area contributed by atoms with E-state index in [0.717, 1.165) is 12.8 Å². The van der Waals surface area contributed by atoms with Crippen LogP contribution >= 0.6 is 11.8 Å². The van der Waals surface area contributed by atoms with Gasteiger partial charge in [-0.25, -0.2) is 4.79 Å². The highest BCUT2D eigenvalue weighted by molar-refractivity contribution is 7.98. The average molecular weight is 474 g/mol. The highest BCUT2D eigenvalue weighted by atomic mass is 32.2.